The summed E-state index contributed by atoms with van der Waals surface area (Å²) in [5, 5.41) is 0. The fourth-order valence-corrected chi connectivity index (χ4v) is 2.11. The van der Waals surface area contributed by atoms with Gasteiger partial charge < -0.3 is 4.90 Å². The predicted molar refractivity (Wildman–Crippen MR) is 65.5 cm³/mol. The van der Waals surface area contributed by atoms with Crippen LogP contribution in [0.4, 0.5) is 5.82 Å². The molecule has 0 atom stereocenters. The minimum atomic E-state index is 0.926. The molecule has 1 aromatic rings. The van der Waals surface area contributed by atoms with Gasteiger partial charge in [0.1, 0.15) is 12.1 Å². The SMILES string of the molecule is C=CCN1CCc2ncnc(N(C)C)c2C1. The maximum absolute atomic E-state index is 4.37. The van der Waals surface area contributed by atoms with Crippen LogP contribution in [0.1, 0.15) is 11.3 Å². The monoisotopic (exact) mass is 218 g/mol. The first-order valence-electron chi connectivity index (χ1n) is 5.55. The van der Waals surface area contributed by atoms with Crippen LogP contribution in [0, 0.1) is 0 Å². The Morgan fingerprint density at radius 2 is 2.31 bits per heavy atom. The molecule has 0 aliphatic carbocycles. The first-order valence-corrected chi connectivity index (χ1v) is 5.55. The number of anilines is 1. The fraction of sp³-hybridized carbons (Fsp3) is 0.500. The maximum atomic E-state index is 4.37. The van der Waals surface area contributed by atoms with Gasteiger partial charge in [0, 0.05) is 45.7 Å². The van der Waals surface area contributed by atoms with Gasteiger partial charge in [0.15, 0.2) is 0 Å². The third-order valence-corrected chi connectivity index (χ3v) is 2.87. The summed E-state index contributed by atoms with van der Waals surface area (Å²) < 4.78 is 0. The highest BCUT2D eigenvalue weighted by Gasteiger charge is 2.20. The minimum Gasteiger partial charge on any atom is -0.362 e. The second-order valence-electron chi connectivity index (χ2n) is 4.29. The molecule has 16 heavy (non-hydrogen) atoms. The van der Waals surface area contributed by atoms with Crippen molar-refractivity contribution < 1.29 is 0 Å². The fourth-order valence-electron chi connectivity index (χ4n) is 2.11. The predicted octanol–water partition coefficient (Wildman–Crippen LogP) is 1.09. The van der Waals surface area contributed by atoms with E-state index in [-0.39, 0.29) is 0 Å². The third kappa shape index (κ3) is 2.07. The molecule has 0 aromatic carbocycles. The lowest BCUT2D eigenvalue weighted by Gasteiger charge is -2.29. The normalized spacial score (nSPS) is 15.6. The van der Waals surface area contributed by atoms with Gasteiger partial charge >= 0.3 is 0 Å². The van der Waals surface area contributed by atoms with Crippen molar-refractivity contribution in [2.45, 2.75) is 13.0 Å². The number of rotatable bonds is 3. The summed E-state index contributed by atoms with van der Waals surface area (Å²) in [6, 6.07) is 0. The molecule has 1 aliphatic rings. The molecule has 0 bridgehead atoms. The van der Waals surface area contributed by atoms with Gasteiger partial charge in [0.25, 0.3) is 0 Å². The molecule has 1 aromatic heterocycles. The van der Waals surface area contributed by atoms with Crippen LogP contribution < -0.4 is 4.90 Å². The van der Waals surface area contributed by atoms with Gasteiger partial charge in [-0.25, -0.2) is 9.97 Å². The lowest BCUT2D eigenvalue weighted by molar-refractivity contribution is 0.279. The summed E-state index contributed by atoms with van der Waals surface area (Å²) in [7, 11) is 4.05. The second kappa shape index (κ2) is 4.61. The Kier molecular flexibility index (Phi) is 3.19. The summed E-state index contributed by atoms with van der Waals surface area (Å²) in [4.78, 5) is 13.1. The molecule has 0 radical (unpaired) electrons. The number of hydrogen-bond donors (Lipinski definition) is 0. The Hall–Kier alpha value is -1.42. The highest BCUT2D eigenvalue weighted by atomic mass is 15.2. The third-order valence-electron chi connectivity index (χ3n) is 2.87. The van der Waals surface area contributed by atoms with E-state index >= 15 is 0 Å². The molecule has 1 aliphatic heterocycles. The van der Waals surface area contributed by atoms with Crippen LogP contribution in [0.15, 0.2) is 19.0 Å². The van der Waals surface area contributed by atoms with Crippen molar-refractivity contribution >= 4 is 5.82 Å². The zero-order chi connectivity index (χ0) is 11.5. The van der Waals surface area contributed by atoms with Crippen LogP contribution in [0.3, 0.4) is 0 Å². The molecule has 0 unspecified atom stereocenters. The van der Waals surface area contributed by atoms with E-state index in [1.807, 2.05) is 20.2 Å². The molecule has 86 valence electrons. The Bertz CT molecular complexity index is 387. The van der Waals surface area contributed by atoms with Crippen LogP contribution in [0.5, 0.6) is 0 Å². The number of nitrogens with zero attached hydrogens (tertiary/aromatic N) is 4. The van der Waals surface area contributed by atoms with E-state index in [0.29, 0.717) is 0 Å². The number of fused-ring (bicyclic) bond motifs is 1. The first-order chi connectivity index (χ1) is 7.72. The van der Waals surface area contributed by atoms with Crippen molar-refractivity contribution in [1.82, 2.24) is 14.9 Å². The molecular formula is C12H18N4. The van der Waals surface area contributed by atoms with Gasteiger partial charge in [-0.1, -0.05) is 6.08 Å². The van der Waals surface area contributed by atoms with Crippen LogP contribution >= 0.6 is 0 Å². The van der Waals surface area contributed by atoms with Crippen LogP contribution in [-0.4, -0.2) is 42.1 Å². The zero-order valence-corrected chi connectivity index (χ0v) is 9.98. The summed E-state index contributed by atoms with van der Waals surface area (Å²) in [6.07, 6.45) is 4.62. The smallest absolute Gasteiger partial charge is 0.136 e. The highest BCUT2D eigenvalue weighted by molar-refractivity contribution is 5.48. The molecule has 2 heterocycles. The van der Waals surface area contributed by atoms with Crippen molar-refractivity contribution in [1.29, 1.82) is 0 Å². The van der Waals surface area contributed by atoms with E-state index in [0.717, 1.165) is 31.9 Å². The van der Waals surface area contributed by atoms with E-state index in [2.05, 4.69) is 26.3 Å². The standard InChI is InChI=1S/C12H18N4/c1-4-6-16-7-5-11-10(8-16)12(15(2)3)14-9-13-11/h4,9H,1,5-8H2,2-3H3. The van der Waals surface area contributed by atoms with Gasteiger partial charge in [0.05, 0.1) is 5.69 Å². The summed E-state index contributed by atoms with van der Waals surface area (Å²) in [5.41, 5.74) is 2.46. The largest absolute Gasteiger partial charge is 0.362 e. The van der Waals surface area contributed by atoms with E-state index in [1.165, 1.54) is 11.3 Å². The quantitative estimate of drug-likeness (QED) is 0.711. The molecule has 4 nitrogen and oxygen atoms in total. The van der Waals surface area contributed by atoms with Crippen LogP contribution in [-0.2, 0) is 13.0 Å². The van der Waals surface area contributed by atoms with Gasteiger partial charge in [-0.15, -0.1) is 6.58 Å². The van der Waals surface area contributed by atoms with E-state index < -0.39 is 0 Å². The summed E-state index contributed by atoms with van der Waals surface area (Å²) >= 11 is 0. The Labute approximate surface area is 96.6 Å². The van der Waals surface area contributed by atoms with Gasteiger partial charge in [-0.3, -0.25) is 4.90 Å². The zero-order valence-electron chi connectivity index (χ0n) is 9.98. The molecule has 0 N–H and O–H groups in total. The van der Waals surface area contributed by atoms with Crippen molar-refractivity contribution in [2.75, 3.05) is 32.1 Å². The lowest BCUT2D eigenvalue weighted by atomic mass is 10.1. The van der Waals surface area contributed by atoms with E-state index in [1.54, 1.807) is 6.33 Å². The average molecular weight is 218 g/mol. The molecular weight excluding hydrogens is 200 g/mol. The number of hydrogen-bond acceptors (Lipinski definition) is 4. The minimum absolute atomic E-state index is 0.926. The molecule has 0 fully saturated rings. The molecule has 0 saturated carbocycles. The van der Waals surface area contributed by atoms with Crippen LogP contribution in [0.2, 0.25) is 0 Å². The summed E-state index contributed by atoms with van der Waals surface area (Å²) in [6.45, 7) is 6.70. The van der Waals surface area contributed by atoms with Crippen molar-refractivity contribution in [3.63, 3.8) is 0 Å². The van der Waals surface area contributed by atoms with Gasteiger partial charge in [-0.2, -0.15) is 0 Å². The maximum Gasteiger partial charge on any atom is 0.136 e. The van der Waals surface area contributed by atoms with Crippen LogP contribution in [0.25, 0.3) is 0 Å². The molecule has 0 amide bonds. The van der Waals surface area contributed by atoms with Crippen molar-refractivity contribution in [3.05, 3.63) is 30.2 Å². The molecule has 0 saturated heterocycles. The van der Waals surface area contributed by atoms with Gasteiger partial charge in [-0.05, 0) is 0 Å². The van der Waals surface area contributed by atoms with E-state index in [9.17, 15) is 0 Å². The Balaban J connectivity index is 2.30. The van der Waals surface area contributed by atoms with Gasteiger partial charge in [0.2, 0.25) is 0 Å². The molecule has 4 heteroatoms. The highest BCUT2D eigenvalue weighted by Crippen LogP contribution is 2.23. The number of aromatic nitrogens is 2. The molecule has 2 rings (SSSR count). The van der Waals surface area contributed by atoms with Crippen molar-refractivity contribution in [3.8, 4) is 0 Å². The summed E-state index contributed by atoms with van der Waals surface area (Å²) in [5.74, 6) is 1.04. The Morgan fingerprint density at radius 1 is 1.50 bits per heavy atom. The van der Waals surface area contributed by atoms with E-state index in [4.69, 9.17) is 0 Å². The second-order valence-corrected chi connectivity index (χ2v) is 4.29. The average Bonchev–Trinajstić information content (AvgIpc) is 2.28. The first kappa shape index (κ1) is 11.1. The molecule has 0 spiro atoms. The van der Waals surface area contributed by atoms with Crippen molar-refractivity contribution in [2.24, 2.45) is 0 Å². The lowest BCUT2D eigenvalue weighted by Crippen LogP contribution is -2.32. The topological polar surface area (TPSA) is 32.3 Å². The Morgan fingerprint density at radius 3 is 3.00 bits per heavy atom.